The molecule has 142 valence electrons. The van der Waals surface area contributed by atoms with Gasteiger partial charge in [-0.25, -0.2) is 0 Å². The van der Waals surface area contributed by atoms with Crippen molar-refractivity contribution in [2.45, 2.75) is 58.0 Å². The summed E-state index contributed by atoms with van der Waals surface area (Å²) in [5.74, 6) is 0.187. The largest absolute Gasteiger partial charge is 0.354 e. The van der Waals surface area contributed by atoms with Gasteiger partial charge in [0.05, 0.1) is 5.92 Å². The molecule has 1 aliphatic heterocycles. The van der Waals surface area contributed by atoms with Crippen LogP contribution in [0.5, 0.6) is 0 Å². The highest BCUT2D eigenvalue weighted by molar-refractivity contribution is 6.00. The number of amides is 2. The lowest BCUT2D eigenvalue weighted by Crippen LogP contribution is -2.43. The number of benzene rings is 1. The Bertz CT molecular complexity index is 669. The van der Waals surface area contributed by atoms with Crippen LogP contribution in [-0.4, -0.2) is 48.9 Å². The number of carbonyl (C=O) groups excluding carboxylic acids is 2. The molecule has 5 heteroatoms. The predicted octanol–water partition coefficient (Wildman–Crippen LogP) is 2.76. The van der Waals surface area contributed by atoms with Crippen LogP contribution in [0.4, 0.5) is 5.69 Å². The summed E-state index contributed by atoms with van der Waals surface area (Å²) in [5.41, 5.74) is 2.11. The maximum atomic E-state index is 12.5. The van der Waals surface area contributed by atoms with E-state index in [-0.39, 0.29) is 17.7 Å². The van der Waals surface area contributed by atoms with Crippen molar-refractivity contribution in [3.05, 3.63) is 29.8 Å². The molecule has 2 amide bonds. The number of carbonyl (C=O) groups is 2. The van der Waals surface area contributed by atoms with Gasteiger partial charge in [-0.2, -0.15) is 0 Å². The number of nitrogens with zero attached hydrogens (tertiary/aromatic N) is 2. The lowest BCUT2D eigenvalue weighted by Gasteiger charge is -2.25. The van der Waals surface area contributed by atoms with Crippen molar-refractivity contribution >= 4 is 17.5 Å². The summed E-state index contributed by atoms with van der Waals surface area (Å²) in [5, 5.41) is 3.05. The fourth-order valence-electron chi connectivity index (χ4n) is 3.56. The number of hydrogen-bond acceptors (Lipinski definition) is 3. The molecule has 1 N–H and O–H groups in total. The number of nitrogens with one attached hydrogen (secondary N) is 1. The molecule has 0 aromatic heterocycles. The van der Waals surface area contributed by atoms with Crippen molar-refractivity contribution < 1.29 is 9.59 Å². The van der Waals surface area contributed by atoms with Crippen LogP contribution in [0.2, 0.25) is 0 Å². The summed E-state index contributed by atoms with van der Waals surface area (Å²) in [6.07, 6.45) is 2.82. The average Bonchev–Trinajstić information content (AvgIpc) is 3.40. The highest BCUT2D eigenvalue weighted by Gasteiger charge is 2.35. The van der Waals surface area contributed by atoms with E-state index in [1.807, 2.05) is 12.1 Å². The zero-order chi connectivity index (χ0) is 18.8. The molecular weight excluding hydrogens is 326 g/mol. The molecule has 1 aromatic carbocycles. The molecule has 1 aliphatic carbocycles. The van der Waals surface area contributed by atoms with Gasteiger partial charge in [0.1, 0.15) is 0 Å². The third kappa shape index (κ3) is 4.26. The first kappa shape index (κ1) is 18.9. The molecule has 1 heterocycles. The average molecular weight is 357 g/mol. The molecule has 5 nitrogen and oxygen atoms in total. The molecule has 2 aliphatic rings. The van der Waals surface area contributed by atoms with Crippen LogP contribution < -0.4 is 10.2 Å². The molecule has 0 spiro atoms. The summed E-state index contributed by atoms with van der Waals surface area (Å²) < 4.78 is 0. The second-order valence-electron chi connectivity index (χ2n) is 8.15. The van der Waals surface area contributed by atoms with E-state index in [4.69, 9.17) is 0 Å². The highest BCUT2D eigenvalue weighted by atomic mass is 16.2. The first-order valence-electron chi connectivity index (χ1n) is 9.76. The molecule has 2 fully saturated rings. The van der Waals surface area contributed by atoms with Crippen molar-refractivity contribution in [3.63, 3.8) is 0 Å². The maximum Gasteiger partial charge on any atom is 0.227 e. The monoisotopic (exact) mass is 357 g/mol. The first-order valence-corrected chi connectivity index (χ1v) is 9.76. The Hall–Kier alpha value is -1.88. The minimum absolute atomic E-state index is 0.00286. The van der Waals surface area contributed by atoms with Crippen LogP contribution in [0, 0.1) is 5.92 Å². The summed E-state index contributed by atoms with van der Waals surface area (Å²) in [6.45, 7) is 7.53. The number of likely N-dealkylation sites (N-methyl/N-ethyl adjacent to an activating group) is 1. The van der Waals surface area contributed by atoms with Gasteiger partial charge in [0, 0.05) is 37.3 Å². The van der Waals surface area contributed by atoms with Crippen molar-refractivity contribution in [1.29, 1.82) is 0 Å². The molecule has 26 heavy (non-hydrogen) atoms. The van der Waals surface area contributed by atoms with E-state index in [0.717, 1.165) is 5.69 Å². The van der Waals surface area contributed by atoms with Gasteiger partial charge in [-0.3, -0.25) is 14.5 Å². The van der Waals surface area contributed by atoms with Gasteiger partial charge in [0.15, 0.2) is 0 Å². The zero-order valence-electron chi connectivity index (χ0n) is 16.4. The Morgan fingerprint density at radius 2 is 2.04 bits per heavy atom. The maximum absolute atomic E-state index is 12.5. The van der Waals surface area contributed by atoms with Crippen molar-refractivity contribution in [2.75, 3.05) is 25.0 Å². The van der Waals surface area contributed by atoms with E-state index in [1.54, 1.807) is 4.90 Å². The second-order valence-corrected chi connectivity index (χ2v) is 8.15. The predicted molar refractivity (Wildman–Crippen MR) is 104 cm³/mol. The molecule has 1 saturated carbocycles. The lowest BCUT2D eigenvalue weighted by molar-refractivity contribution is -0.126. The molecule has 0 bridgehead atoms. The zero-order valence-corrected chi connectivity index (χ0v) is 16.4. The minimum atomic E-state index is -0.261. The topological polar surface area (TPSA) is 52.7 Å². The van der Waals surface area contributed by atoms with Crippen LogP contribution in [0.1, 0.15) is 51.5 Å². The lowest BCUT2D eigenvalue weighted by atomic mass is 10.0. The fourth-order valence-corrected chi connectivity index (χ4v) is 3.56. The minimum Gasteiger partial charge on any atom is -0.354 e. The van der Waals surface area contributed by atoms with Crippen LogP contribution in [0.15, 0.2) is 24.3 Å². The SMILES string of the molecule is CC(C)c1cccc(N2CC(C(=O)NCC(C)N(C)C3CC3)CC2=O)c1. The molecule has 3 rings (SSSR count). The Kier molecular flexibility index (Phi) is 5.66. The first-order chi connectivity index (χ1) is 12.4. The van der Waals surface area contributed by atoms with Gasteiger partial charge in [-0.05, 0) is 50.4 Å². The van der Waals surface area contributed by atoms with Gasteiger partial charge in [0.25, 0.3) is 0 Å². The highest BCUT2D eigenvalue weighted by Crippen LogP contribution is 2.28. The summed E-state index contributed by atoms with van der Waals surface area (Å²) >= 11 is 0. The van der Waals surface area contributed by atoms with E-state index in [0.29, 0.717) is 37.5 Å². The van der Waals surface area contributed by atoms with Crippen LogP contribution in [0.25, 0.3) is 0 Å². The van der Waals surface area contributed by atoms with Gasteiger partial charge < -0.3 is 10.2 Å². The quantitative estimate of drug-likeness (QED) is 0.816. The van der Waals surface area contributed by atoms with Crippen LogP contribution >= 0.6 is 0 Å². The molecular formula is C21H31N3O2. The third-order valence-electron chi connectivity index (χ3n) is 5.73. The Balaban J connectivity index is 1.56. The Morgan fingerprint density at radius 1 is 1.31 bits per heavy atom. The van der Waals surface area contributed by atoms with Crippen molar-refractivity contribution in [1.82, 2.24) is 10.2 Å². The smallest absolute Gasteiger partial charge is 0.227 e. The molecule has 2 unspecified atom stereocenters. The van der Waals surface area contributed by atoms with E-state index >= 15 is 0 Å². The standard InChI is InChI=1S/C21H31N3O2/c1-14(2)16-6-5-7-19(10-16)24-13-17(11-20(24)25)21(26)22-12-15(3)23(4)18-8-9-18/h5-7,10,14-15,17-18H,8-9,11-13H2,1-4H3,(H,22,26). The van der Waals surface area contributed by atoms with E-state index in [1.165, 1.54) is 18.4 Å². The van der Waals surface area contributed by atoms with E-state index in [9.17, 15) is 9.59 Å². The number of anilines is 1. The normalized spacial score (nSPS) is 21.5. The van der Waals surface area contributed by atoms with Crippen molar-refractivity contribution in [2.24, 2.45) is 5.92 Å². The number of hydrogen-bond donors (Lipinski definition) is 1. The summed E-state index contributed by atoms with van der Waals surface area (Å²) in [6, 6.07) is 9.09. The third-order valence-corrected chi connectivity index (χ3v) is 5.73. The van der Waals surface area contributed by atoms with Gasteiger partial charge in [-0.1, -0.05) is 26.0 Å². The molecule has 0 radical (unpaired) electrons. The van der Waals surface area contributed by atoms with Gasteiger partial charge in [0.2, 0.25) is 11.8 Å². The summed E-state index contributed by atoms with van der Waals surface area (Å²) in [7, 11) is 2.12. The van der Waals surface area contributed by atoms with Gasteiger partial charge >= 0.3 is 0 Å². The second kappa shape index (κ2) is 7.78. The Labute approximate surface area is 156 Å². The van der Waals surface area contributed by atoms with Crippen LogP contribution in [0.3, 0.4) is 0 Å². The van der Waals surface area contributed by atoms with E-state index < -0.39 is 0 Å². The van der Waals surface area contributed by atoms with Gasteiger partial charge in [-0.15, -0.1) is 0 Å². The molecule has 1 saturated heterocycles. The summed E-state index contributed by atoms with van der Waals surface area (Å²) in [4.78, 5) is 29.1. The van der Waals surface area contributed by atoms with E-state index in [2.05, 4.69) is 50.2 Å². The Morgan fingerprint density at radius 3 is 2.69 bits per heavy atom. The van der Waals surface area contributed by atoms with Crippen LogP contribution in [-0.2, 0) is 9.59 Å². The molecule has 2 atom stereocenters. The van der Waals surface area contributed by atoms with Crippen molar-refractivity contribution in [3.8, 4) is 0 Å². The fraction of sp³-hybridized carbons (Fsp3) is 0.619. The number of rotatable bonds is 7. The molecule has 1 aromatic rings.